The number of hydrogen-bond acceptors (Lipinski definition) is 2. The van der Waals surface area contributed by atoms with E-state index >= 15 is 0 Å². The van der Waals surface area contributed by atoms with Crippen molar-refractivity contribution in [2.75, 3.05) is 0 Å². The molecule has 0 radical (unpaired) electrons. The summed E-state index contributed by atoms with van der Waals surface area (Å²) in [5.74, 6) is -0.728. The first-order valence-electron chi connectivity index (χ1n) is 6.89. The monoisotopic (exact) mass is 309 g/mol. The van der Waals surface area contributed by atoms with Crippen LogP contribution < -0.4 is 5.32 Å². The fourth-order valence-electron chi connectivity index (χ4n) is 2.23. The minimum absolute atomic E-state index is 0.0177. The molecule has 0 spiro atoms. The number of nitrogens with one attached hydrogen (secondary N) is 1. The van der Waals surface area contributed by atoms with Gasteiger partial charge in [-0.2, -0.15) is 18.3 Å². The number of halogens is 3. The molecule has 22 heavy (non-hydrogen) atoms. The molecule has 0 aliphatic heterocycles. The molecule has 1 heterocycles. The van der Waals surface area contributed by atoms with Gasteiger partial charge in [0, 0.05) is 6.04 Å². The maximum Gasteiger partial charge on any atom is 0.434 e. The molecule has 7 heteroatoms. The zero-order valence-corrected chi connectivity index (χ0v) is 11.8. The number of nitrogens with zero attached hydrogens (tertiary/aromatic N) is 2. The second-order valence-corrected chi connectivity index (χ2v) is 5.40. The average Bonchev–Trinajstić information content (AvgIpc) is 3.11. The number of aromatic nitrogens is 2. The van der Waals surface area contributed by atoms with Crippen molar-refractivity contribution < 1.29 is 18.0 Å². The van der Waals surface area contributed by atoms with E-state index in [0.29, 0.717) is 0 Å². The summed E-state index contributed by atoms with van der Waals surface area (Å²) in [6.45, 7) is 1.78. The van der Waals surface area contributed by atoms with Crippen molar-refractivity contribution in [1.29, 1.82) is 0 Å². The highest BCUT2D eigenvalue weighted by Crippen LogP contribution is 2.34. The molecular weight excluding hydrogens is 295 g/mol. The highest BCUT2D eigenvalue weighted by atomic mass is 19.4. The molecule has 0 atom stereocenters. The van der Waals surface area contributed by atoms with Gasteiger partial charge in [-0.1, -0.05) is 12.1 Å². The van der Waals surface area contributed by atoms with Crippen molar-refractivity contribution in [3.63, 3.8) is 0 Å². The van der Waals surface area contributed by atoms with Crippen molar-refractivity contribution in [3.05, 3.63) is 47.3 Å². The van der Waals surface area contributed by atoms with Gasteiger partial charge in [-0.15, -0.1) is 0 Å². The summed E-state index contributed by atoms with van der Waals surface area (Å²) in [5, 5.41) is 6.35. The minimum Gasteiger partial charge on any atom is -0.349 e. The Balaban J connectivity index is 2.07. The second-order valence-electron chi connectivity index (χ2n) is 5.40. The second kappa shape index (κ2) is 5.15. The summed E-state index contributed by atoms with van der Waals surface area (Å²) in [4.78, 5) is 12.0. The summed E-state index contributed by atoms with van der Waals surface area (Å²) in [6.07, 6.45) is -2.09. The van der Waals surface area contributed by atoms with Crippen LogP contribution in [-0.4, -0.2) is 21.7 Å². The first kappa shape index (κ1) is 14.6. The van der Waals surface area contributed by atoms with E-state index in [1.807, 2.05) is 0 Å². The lowest BCUT2D eigenvalue weighted by Gasteiger charge is -2.13. The number of amides is 1. The van der Waals surface area contributed by atoms with E-state index in [2.05, 4.69) is 10.4 Å². The Hall–Kier alpha value is -2.31. The zero-order valence-electron chi connectivity index (χ0n) is 11.8. The van der Waals surface area contributed by atoms with Crippen LogP contribution in [0.1, 0.15) is 34.5 Å². The Morgan fingerprint density at radius 2 is 2.09 bits per heavy atom. The van der Waals surface area contributed by atoms with Crippen molar-refractivity contribution in [2.24, 2.45) is 0 Å². The van der Waals surface area contributed by atoms with Gasteiger partial charge in [0.2, 0.25) is 0 Å². The molecular formula is C15H14F3N3O. The standard InChI is InChI=1S/C15H14F3N3O/c1-9-3-2-4-11(7-9)21-13(15(16,17)18)12(8-19-21)14(22)20-10-5-6-10/h2-4,7-8,10H,5-6H2,1H3,(H,20,22). The summed E-state index contributed by atoms with van der Waals surface area (Å²) >= 11 is 0. The minimum atomic E-state index is -4.67. The summed E-state index contributed by atoms with van der Waals surface area (Å²) < 4.78 is 41.0. The molecule has 1 aliphatic rings. The lowest BCUT2D eigenvalue weighted by atomic mass is 10.2. The van der Waals surface area contributed by atoms with Crippen LogP contribution in [0.4, 0.5) is 13.2 Å². The van der Waals surface area contributed by atoms with Crippen molar-refractivity contribution in [3.8, 4) is 5.69 Å². The van der Waals surface area contributed by atoms with Crippen molar-refractivity contribution >= 4 is 5.91 Å². The Morgan fingerprint density at radius 1 is 1.36 bits per heavy atom. The predicted molar refractivity (Wildman–Crippen MR) is 73.8 cm³/mol. The van der Waals surface area contributed by atoms with Crippen molar-refractivity contribution in [2.45, 2.75) is 32.0 Å². The maximum absolute atomic E-state index is 13.4. The number of alkyl halides is 3. The van der Waals surface area contributed by atoms with E-state index in [9.17, 15) is 18.0 Å². The number of carbonyl (C=O) groups is 1. The van der Waals surface area contributed by atoms with Gasteiger partial charge < -0.3 is 5.32 Å². The zero-order chi connectivity index (χ0) is 15.9. The van der Waals surface area contributed by atoms with Gasteiger partial charge in [-0.05, 0) is 37.5 Å². The van der Waals surface area contributed by atoms with E-state index < -0.39 is 23.3 Å². The van der Waals surface area contributed by atoms with Gasteiger partial charge in [0.05, 0.1) is 17.4 Å². The third kappa shape index (κ3) is 2.84. The van der Waals surface area contributed by atoms with Crippen LogP contribution in [0, 0.1) is 6.92 Å². The van der Waals surface area contributed by atoms with Crippen LogP contribution in [0.3, 0.4) is 0 Å². The molecule has 1 saturated carbocycles. The first-order chi connectivity index (χ1) is 10.4. The van der Waals surface area contributed by atoms with Gasteiger partial charge in [-0.3, -0.25) is 4.79 Å². The molecule has 1 aromatic carbocycles. The van der Waals surface area contributed by atoms with Crippen molar-refractivity contribution in [1.82, 2.24) is 15.1 Å². The molecule has 3 rings (SSSR count). The summed E-state index contributed by atoms with van der Waals surface area (Å²) in [5.41, 5.74) is -0.403. The molecule has 0 bridgehead atoms. The van der Waals surface area contributed by atoms with E-state index in [0.717, 1.165) is 29.3 Å². The van der Waals surface area contributed by atoms with Crippen LogP contribution >= 0.6 is 0 Å². The van der Waals surface area contributed by atoms with Crippen LogP contribution in [-0.2, 0) is 6.18 Å². The fourth-order valence-corrected chi connectivity index (χ4v) is 2.23. The largest absolute Gasteiger partial charge is 0.434 e. The molecule has 1 aromatic heterocycles. The topological polar surface area (TPSA) is 46.9 Å². The summed E-state index contributed by atoms with van der Waals surface area (Å²) in [7, 11) is 0. The number of carbonyl (C=O) groups excluding carboxylic acids is 1. The molecule has 2 aromatic rings. The molecule has 0 saturated heterocycles. The molecule has 4 nitrogen and oxygen atoms in total. The molecule has 1 N–H and O–H groups in total. The predicted octanol–water partition coefficient (Wildman–Crippen LogP) is 3.09. The van der Waals surface area contributed by atoms with E-state index in [4.69, 9.17) is 0 Å². The highest BCUT2D eigenvalue weighted by Gasteiger charge is 2.41. The number of rotatable bonds is 3. The number of aryl methyl sites for hydroxylation is 1. The number of hydrogen-bond donors (Lipinski definition) is 1. The third-order valence-electron chi connectivity index (χ3n) is 3.44. The van der Waals surface area contributed by atoms with Crippen LogP contribution in [0.15, 0.2) is 30.5 Å². The Labute approximate surface area is 124 Å². The molecule has 1 aliphatic carbocycles. The summed E-state index contributed by atoms with van der Waals surface area (Å²) in [6, 6.07) is 6.52. The molecule has 1 fully saturated rings. The Kier molecular flexibility index (Phi) is 3.42. The van der Waals surface area contributed by atoms with Gasteiger partial charge in [0.1, 0.15) is 0 Å². The van der Waals surface area contributed by atoms with Crippen LogP contribution in [0.25, 0.3) is 5.69 Å². The SMILES string of the molecule is Cc1cccc(-n2ncc(C(=O)NC3CC3)c2C(F)(F)F)c1. The van der Waals surface area contributed by atoms with Gasteiger partial charge in [0.25, 0.3) is 5.91 Å². The fraction of sp³-hybridized carbons (Fsp3) is 0.333. The van der Waals surface area contributed by atoms with E-state index in [1.165, 1.54) is 6.07 Å². The quantitative estimate of drug-likeness (QED) is 0.947. The third-order valence-corrected chi connectivity index (χ3v) is 3.44. The Bertz CT molecular complexity index is 717. The maximum atomic E-state index is 13.4. The smallest absolute Gasteiger partial charge is 0.349 e. The van der Waals surface area contributed by atoms with E-state index in [-0.39, 0.29) is 11.7 Å². The van der Waals surface area contributed by atoms with Crippen LogP contribution in [0.5, 0.6) is 0 Å². The van der Waals surface area contributed by atoms with Gasteiger partial charge in [-0.25, -0.2) is 4.68 Å². The first-order valence-corrected chi connectivity index (χ1v) is 6.89. The molecule has 1 amide bonds. The lowest BCUT2D eigenvalue weighted by Crippen LogP contribution is -2.28. The molecule has 116 valence electrons. The van der Waals surface area contributed by atoms with E-state index in [1.54, 1.807) is 25.1 Å². The highest BCUT2D eigenvalue weighted by molar-refractivity contribution is 5.95. The lowest BCUT2D eigenvalue weighted by molar-refractivity contribution is -0.143. The van der Waals surface area contributed by atoms with Crippen LogP contribution in [0.2, 0.25) is 0 Å². The molecule has 0 unspecified atom stereocenters. The average molecular weight is 309 g/mol. The Morgan fingerprint density at radius 3 is 2.68 bits per heavy atom. The van der Waals surface area contributed by atoms with Gasteiger partial charge in [0.15, 0.2) is 5.69 Å². The normalized spacial score (nSPS) is 14.9. The van der Waals surface area contributed by atoms with Gasteiger partial charge >= 0.3 is 6.18 Å². The number of benzene rings is 1.